The molecule has 214 valence electrons. The standard InChI is InChI=1S/C38H18N4O4/c43-35-21-5-1-3-7-29(21)41-31-11-9-19(13-23(31)37(45)27-17-39-15-25(35)33(27)41)20-10-12-32-24(14-20)38(46)28-18-40-16-26-34(28)42(32)30-8-4-2-6-22(30)36(26)44/h1-18H. The number of fused-ring (bicyclic) bond motifs is 8. The van der Waals surface area contributed by atoms with Crippen LogP contribution in [-0.2, 0) is 0 Å². The third-order valence-corrected chi connectivity index (χ3v) is 9.34. The number of nitrogens with zero attached hydrogens (tertiary/aromatic N) is 4. The lowest BCUT2D eigenvalue weighted by Crippen LogP contribution is -2.14. The van der Waals surface area contributed by atoms with Crippen LogP contribution in [0.25, 0.3) is 87.3 Å². The van der Waals surface area contributed by atoms with Gasteiger partial charge in [-0.25, -0.2) is 0 Å². The zero-order chi connectivity index (χ0) is 30.8. The molecule has 10 aromatic rings. The van der Waals surface area contributed by atoms with Crippen LogP contribution in [0.3, 0.4) is 0 Å². The van der Waals surface area contributed by atoms with Crippen LogP contribution in [0.15, 0.2) is 129 Å². The number of para-hydroxylation sites is 2. The van der Waals surface area contributed by atoms with Crippen molar-refractivity contribution in [2.45, 2.75) is 0 Å². The number of hydrogen-bond donors (Lipinski definition) is 0. The summed E-state index contributed by atoms with van der Waals surface area (Å²) in [6.07, 6.45) is 6.08. The van der Waals surface area contributed by atoms with E-state index in [0.29, 0.717) is 76.2 Å². The van der Waals surface area contributed by atoms with Crippen LogP contribution in [0, 0.1) is 0 Å². The predicted molar refractivity (Wildman–Crippen MR) is 182 cm³/mol. The lowest BCUT2D eigenvalue weighted by Gasteiger charge is -2.16. The van der Waals surface area contributed by atoms with Gasteiger partial charge >= 0.3 is 0 Å². The van der Waals surface area contributed by atoms with Crippen molar-refractivity contribution in [1.29, 1.82) is 0 Å². The summed E-state index contributed by atoms with van der Waals surface area (Å²) in [6.45, 7) is 0. The van der Waals surface area contributed by atoms with Gasteiger partial charge in [0.25, 0.3) is 0 Å². The van der Waals surface area contributed by atoms with E-state index in [9.17, 15) is 19.2 Å². The van der Waals surface area contributed by atoms with Crippen molar-refractivity contribution < 1.29 is 0 Å². The summed E-state index contributed by atoms with van der Waals surface area (Å²) in [5, 5.41) is 3.56. The first-order valence-electron chi connectivity index (χ1n) is 14.7. The summed E-state index contributed by atoms with van der Waals surface area (Å²) in [7, 11) is 0. The number of benzene rings is 4. The van der Waals surface area contributed by atoms with Crippen LogP contribution in [0.4, 0.5) is 0 Å². The van der Waals surface area contributed by atoms with Crippen molar-refractivity contribution >= 4 is 76.2 Å². The molecular weight excluding hydrogens is 576 g/mol. The van der Waals surface area contributed by atoms with Crippen LogP contribution in [0.1, 0.15) is 0 Å². The minimum absolute atomic E-state index is 0.160. The molecule has 0 aliphatic heterocycles. The van der Waals surface area contributed by atoms with Gasteiger partial charge in [-0.3, -0.25) is 29.1 Å². The Balaban J connectivity index is 1.31. The lowest BCUT2D eigenvalue weighted by molar-refractivity contribution is 1.28. The highest BCUT2D eigenvalue weighted by molar-refractivity contribution is 6.09. The largest absolute Gasteiger partial charge is 0.307 e. The van der Waals surface area contributed by atoms with Crippen molar-refractivity contribution in [3.05, 3.63) is 151 Å². The molecule has 0 spiro atoms. The monoisotopic (exact) mass is 594 g/mol. The zero-order valence-corrected chi connectivity index (χ0v) is 23.8. The second-order valence-corrected chi connectivity index (χ2v) is 11.7. The Morgan fingerprint density at radius 1 is 0.370 bits per heavy atom. The van der Waals surface area contributed by atoms with E-state index in [1.165, 1.54) is 24.8 Å². The third kappa shape index (κ3) is 2.97. The Hall–Kier alpha value is -6.54. The molecule has 10 rings (SSSR count). The first-order chi connectivity index (χ1) is 22.5. The normalized spacial score (nSPS) is 12.3. The van der Waals surface area contributed by atoms with Gasteiger partial charge < -0.3 is 8.80 Å². The first kappa shape index (κ1) is 24.9. The summed E-state index contributed by atoms with van der Waals surface area (Å²) < 4.78 is 3.94. The van der Waals surface area contributed by atoms with E-state index in [2.05, 4.69) is 9.97 Å². The smallest absolute Gasteiger partial charge is 0.198 e. The molecule has 0 amide bonds. The van der Waals surface area contributed by atoms with Crippen molar-refractivity contribution in [1.82, 2.24) is 18.8 Å². The molecule has 0 saturated heterocycles. The highest BCUT2D eigenvalue weighted by Gasteiger charge is 2.20. The van der Waals surface area contributed by atoms with E-state index >= 15 is 0 Å². The Kier molecular flexibility index (Phi) is 4.62. The summed E-state index contributed by atoms with van der Waals surface area (Å²) >= 11 is 0. The van der Waals surface area contributed by atoms with Gasteiger partial charge in [0.2, 0.25) is 0 Å². The number of pyridine rings is 6. The maximum Gasteiger partial charge on any atom is 0.198 e. The van der Waals surface area contributed by atoms with Gasteiger partial charge in [-0.15, -0.1) is 0 Å². The van der Waals surface area contributed by atoms with Gasteiger partial charge in [-0.05, 0) is 59.7 Å². The quantitative estimate of drug-likeness (QED) is 0.174. The second-order valence-electron chi connectivity index (χ2n) is 11.7. The van der Waals surface area contributed by atoms with Crippen molar-refractivity contribution in [2.75, 3.05) is 0 Å². The Morgan fingerprint density at radius 3 is 1.13 bits per heavy atom. The van der Waals surface area contributed by atoms with E-state index in [1.54, 1.807) is 12.1 Å². The lowest BCUT2D eigenvalue weighted by atomic mass is 9.98. The maximum absolute atomic E-state index is 14.0. The molecule has 8 heteroatoms. The van der Waals surface area contributed by atoms with E-state index in [4.69, 9.17) is 0 Å². The summed E-state index contributed by atoms with van der Waals surface area (Å²) in [5.74, 6) is 0. The SMILES string of the molecule is O=c1c2ccccc2n2c3ccc(-c4ccc5c(c4)c(=O)c4cncc6c(=O)c7ccccc7n5c64)cc3c(=O)c3cncc1c32. The molecule has 0 bridgehead atoms. The van der Waals surface area contributed by atoms with E-state index in [-0.39, 0.29) is 21.7 Å². The molecule has 0 radical (unpaired) electrons. The summed E-state index contributed by atoms with van der Waals surface area (Å²) in [6, 6.07) is 26.0. The van der Waals surface area contributed by atoms with Gasteiger partial charge in [0.15, 0.2) is 21.7 Å². The highest BCUT2D eigenvalue weighted by Crippen LogP contribution is 2.32. The molecule has 0 atom stereocenters. The van der Waals surface area contributed by atoms with E-state index in [0.717, 1.165) is 11.1 Å². The maximum atomic E-state index is 14.0. The van der Waals surface area contributed by atoms with Gasteiger partial charge in [-0.1, -0.05) is 36.4 Å². The average molecular weight is 595 g/mol. The van der Waals surface area contributed by atoms with Crippen LogP contribution >= 0.6 is 0 Å². The van der Waals surface area contributed by atoms with Gasteiger partial charge in [0.05, 0.1) is 54.6 Å². The van der Waals surface area contributed by atoms with Gasteiger partial charge in [0, 0.05) is 46.3 Å². The summed E-state index contributed by atoms with van der Waals surface area (Å²) in [5.41, 5.74) is 4.61. The predicted octanol–water partition coefficient (Wildman–Crippen LogP) is 5.88. The molecule has 0 saturated carbocycles. The molecular formula is C38H18N4O4. The molecule has 0 aliphatic rings. The van der Waals surface area contributed by atoms with E-state index < -0.39 is 0 Å². The minimum Gasteiger partial charge on any atom is -0.307 e. The topological polar surface area (TPSA) is 103 Å². The Labute approximate surface area is 256 Å². The molecule has 0 N–H and O–H groups in total. The van der Waals surface area contributed by atoms with Crippen molar-refractivity contribution in [3.8, 4) is 11.1 Å². The number of rotatable bonds is 1. The summed E-state index contributed by atoms with van der Waals surface area (Å²) in [4.78, 5) is 63.1. The molecule has 6 heterocycles. The molecule has 46 heavy (non-hydrogen) atoms. The molecule has 0 fully saturated rings. The average Bonchev–Trinajstić information content (AvgIpc) is 3.10. The fourth-order valence-electron chi connectivity index (χ4n) is 7.28. The van der Waals surface area contributed by atoms with Gasteiger partial charge in [0.1, 0.15) is 0 Å². The van der Waals surface area contributed by atoms with Gasteiger partial charge in [-0.2, -0.15) is 0 Å². The first-order valence-corrected chi connectivity index (χ1v) is 14.7. The van der Waals surface area contributed by atoms with Crippen LogP contribution < -0.4 is 21.7 Å². The van der Waals surface area contributed by atoms with Crippen LogP contribution in [-0.4, -0.2) is 18.8 Å². The third-order valence-electron chi connectivity index (χ3n) is 9.34. The molecule has 0 aliphatic carbocycles. The molecule has 8 nitrogen and oxygen atoms in total. The fraction of sp³-hybridized carbons (Fsp3) is 0. The van der Waals surface area contributed by atoms with Crippen molar-refractivity contribution in [2.24, 2.45) is 0 Å². The number of aromatic nitrogens is 4. The zero-order valence-electron chi connectivity index (χ0n) is 23.8. The number of hydrogen-bond acceptors (Lipinski definition) is 6. The molecule has 4 aromatic carbocycles. The molecule has 6 aromatic heterocycles. The Morgan fingerprint density at radius 2 is 0.717 bits per heavy atom. The second kappa shape index (κ2) is 8.55. The highest BCUT2D eigenvalue weighted by atomic mass is 16.1. The van der Waals surface area contributed by atoms with Crippen LogP contribution in [0.5, 0.6) is 0 Å². The van der Waals surface area contributed by atoms with Crippen molar-refractivity contribution in [3.63, 3.8) is 0 Å². The van der Waals surface area contributed by atoms with E-state index in [1.807, 2.05) is 81.6 Å². The Bertz CT molecular complexity index is 3020. The minimum atomic E-state index is -0.221. The van der Waals surface area contributed by atoms with Crippen LogP contribution in [0.2, 0.25) is 0 Å². The molecule has 0 unspecified atom stereocenters. The fourth-order valence-corrected chi connectivity index (χ4v) is 7.28.